The lowest BCUT2D eigenvalue weighted by atomic mass is 9.45. The van der Waals surface area contributed by atoms with Gasteiger partial charge in [0.15, 0.2) is 0 Å². The van der Waals surface area contributed by atoms with Gasteiger partial charge >= 0.3 is 0 Å². The van der Waals surface area contributed by atoms with Crippen molar-refractivity contribution in [3.8, 4) is 0 Å². The normalized spacial score (nSPS) is 33.4. The fourth-order valence-corrected chi connectivity index (χ4v) is 12.0. The number of aldehydes is 1. The summed E-state index contributed by atoms with van der Waals surface area (Å²) in [5, 5.41) is 66.8. The number of nitrogens with one attached hydrogen (secondary N) is 2. The van der Waals surface area contributed by atoms with Crippen molar-refractivity contribution in [2.75, 3.05) is 33.9 Å². The van der Waals surface area contributed by atoms with E-state index in [2.05, 4.69) is 78.8 Å². The van der Waals surface area contributed by atoms with Crippen LogP contribution in [-0.2, 0) is 28.8 Å². The van der Waals surface area contributed by atoms with Gasteiger partial charge in [0.2, 0.25) is 0 Å². The first kappa shape index (κ1) is 49.7. The van der Waals surface area contributed by atoms with E-state index in [1.807, 2.05) is 57.3 Å². The van der Waals surface area contributed by atoms with Crippen LogP contribution in [0.15, 0.2) is 125 Å². The summed E-state index contributed by atoms with van der Waals surface area (Å²) in [5.74, 6) is -1.14. The molecule has 11 atom stereocenters. The summed E-state index contributed by atoms with van der Waals surface area (Å²) in [7, 11) is 3.57. The fourth-order valence-electron chi connectivity index (χ4n) is 12.0. The van der Waals surface area contributed by atoms with E-state index < -0.39 is 35.4 Å². The molecule has 0 radical (unpaired) electrons. The second-order valence-electron chi connectivity index (χ2n) is 19.7. The van der Waals surface area contributed by atoms with E-state index in [1.165, 1.54) is 11.1 Å². The predicted molar refractivity (Wildman–Crippen MR) is 256 cm³/mol. The second-order valence-corrected chi connectivity index (χ2v) is 19.7. The number of rotatable bonds is 17. The summed E-state index contributed by atoms with van der Waals surface area (Å²) in [6, 6.07) is 18.8. The van der Waals surface area contributed by atoms with E-state index in [0.29, 0.717) is 70.1 Å². The van der Waals surface area contributed by atoms with Gasteiger partial charge in [-0.15, -0.1) is 0 Å². The van der Waals surface area contributed by atoms with Crippen molar-refractivity contribution in [2.45, 2.75) is 121 Å². The van der Waals surface area contributed by atoms with E-state index >= 15 is 0 Å². The van der Waals surface area contributed by atoms with Gasteiger partial charge in [-0.1, -0.05) is 109 Å². The van der Waals surface area contributed by atoms with Gasteiger partial charge in [0.25, 0.3) is 0 Å². The highest BCUT2D eigenvalue weighted by Gasteiger charge is 2.68. The van der Waals surface area contributed by atoms with E-state index in [9.17, 15) is 30.3 Å². The number of aliphatic hydroxyl groups is 5. The van der Waals surface area contributed by atoms with E-state index in [4.69, 9.17) is 4.74 Å². The molecule has 2 aromatic carbocycles. The lowest BCUT2D eigenvalue weighted by Gasteiger charge is -2.61. The topological polar surface area (TPSA) is 152 Å². The molecular formula is C55H76N2O7. The van der Waals surface area contributed by atoms with Gasteiger partial charge in [-0.3, -0.25) is 10.1 Å². The van der Waals surface area contributed by atoms with Gasteiger partial charge < -0.3 is 35.6 Å². The van der Waals surface area contributed by atoms with Crippen LogP contribution in [0.5, 0.6) is 0 Å². The third kappa shape index (κ3) is 10.9. The summed E-state index contributed by atoms with van der Waals surface area (Å²) in [5.41, 5.74) is 4.90. The number of ether oxygens (including phenoxy) is 1. The minimum Gasteiger partial charge on any atom is -0.396 e. The molecule has 64 heavy (non-hydrogen) atoms. The van der Waals surface area contributed by atoms with Crippen LogP contribution in [0.25, 0.3) is 0 Å². The van der Waals surface area contributed by atoms with Gasteiger partial charge in [-0.05, 0) is 156 Å². The molecule has 1 heterocycles. The number of hydrogen-bond donors (Lipinski definition) is 7. The summed E-state index contributed by atoms with van der Waals surface area (Å²) < 4.78 is 5.44. The highest BCUT2D eigenvalue weighted by Crippen LogP contribution is 2.67. The van der Waals surface area contributed by atoms with Crippen molar-refractivity contribution in [1.82, 2.24) is 10.6 Å². The molecule has 4 aliphatic rings. The van der Waals surface area contributed by atoms with Crippen molar-refractivity contribution in [2.24, 2.45) is 35.0 Å². The maximum Gasteiger partial charge on any atom is 0.145 e. The zero-order valence-electron chi connectivity index (χ0n) is 39.0. The second kappa shape index (κ2) is 22.1. The van der Waals surface area contributed by atoms with Crippen LogP contribution < -0.4 is 10.6 Å². The zero-order valence-corrected chi connectivity index (χ0v) is 39.0. The van der Waals surface area contributed by atoms with E-state index in [0.717, 1.165) is 53.4 Å². The molecule has 3 aliphatic carbocycles. The number of benzene rings is 2. The minimum atomic E-state index is -1.28. The summed E-state index contributed by atoms with van der Waals surface area (Å²) in [6.45, 7) is 11.6. The fraction of sp³-hybridized carbons (Fsp3) is 0.545. The third-order valence-electron chi connectivity index (χ3n) is 15.4. The van der Waals surface area contributed by atoms with E-state index in [1.54, 1.807) is 7.11 Å². The molecule has 2 aromatic rings. The Labute approximate surface area is 382 Å². The first-order chi connectivity index (χ1) is 30.7. The van der Waals surface area contributed by atoms with Crippen LogP contribution in [0.1, 0.15) is 88.8 Å². The van der Waals surface area contributed by atoms with Crippen LogP contribution >= 0.6 is 0 Å². The summed E-state index contributed by atoms with van der Waals surface area (Å²) in [6.07, 6.45) is 16.7. The summed E-state index contributed by atoms with van der Waals surface area (Å²) >= 11 is 0. The van der Waals surface area contributed by atoms with Crippen molar-refractivity contribution in [3.63, 3.8) is 0 Å². The number of methoxy groups -OCH3 is 1. The number of fused-ring (bicyclic) bond motifs is 5. The Bertz CT molecular complexity index is 2060. The number of aliphatic hydroxyl groups excluding tert-OH is 4. The quantitative estimate of drug-likeness (QED) is 0.0376. The number of carbonyl (C=O) groups is 1. The highest BCUT2D eigenvalue weighted by molar-refractivity contribution is 5.74. The molecule has 2 saturated carbocycles. The van der Waals surface area contributed by atoms with Crippen molar-refractivity contribution < 1.29 is 35.1 Å². The number of carbonyl (C=O) groups excluding carboxylic acids is 1. The standard InChI is InChI=1S/C55H76N2O7/c1-37(44-20-18-38(2)52(62)57-53(4,28-31-64-6)34-42-16-11-15-41(32-42)33-44)12-10-17-46(48(60)23-19-40-13-8-7-9-14-40)47-24-26-55(51(47)61)50-43(25-30-58)21-22-45(49(50)39(3)36-59)35-54(55,63)27-29-56-5/h7-18,21-22,32,36,43-45,47-48,50-52,56-58,60-63H,1,19-20,23-31,33-35H2,2-6H3. The Morgan fingerprint density at radius 3 is 2.58 bits per heavy atom. The first-order valence-electron chi connectivity index (χ1n) is 23.7. The smallest absolute Gasteiger partial charge is 0.145 e. The van der Waals surface area contributed by atoms with Crippen molar-refractivity contribution in [3.05, 3.63) is 142 Å². The molecule has 2 fully saturated rings. The lowest BCUT2D eigenvalue weighted by molar-refractivity contribution is -0.194. The molecule has 0 saturated heterocycles. The van der Waals surface area contributed by atoms with Gasteiger partial charge in [0.05, 0.1) is 17.8 Å². The van der Waals surface area contributed by atoms with Gasteiger partial charge in [-0.2, -0.15) is 0 Å². The number of aryl methyl sites for hydroxylation is 1. The Morgan fingerprint density at radius 2 is 1.86 bits per heavy atom. The lowest BCUT2D eigenvalue weighted by Crippen LogP contribution is -2.65. The molecular weight excluding hydrogens is 801 g/mol. The Kier molecular flexibility index (Phi) is 17.2. The molecule has 4 bridgehead atoms. The number of hydrogen-bond acceptors (Lipinski definition) is 9. The van der Waals surface area contributed by atoms with Crippen LogP contribution in [0.4, 0.5) is 0 Å². The maximum atomic E-state index is 13.1. The predicted octanol–water partition coefficient (Wildman–Crippen LogP) is 7.29. The molecule has 0 amide bonds. The Hall–Kier alpha value is -3.77. The van der Waals surface area contributed by atoms with Crippen molar-refractivity contribution >= 4 is 6.29 Å². The molecule has 9 heteroatoms. The largest absolute Gasteiger partial charge is 0.396 e. The zero-order chi connectivity index (χ0) is 46.1. The van der Waals surface area contributed by atoms with Crippen LogP contribution in [0, 0.1) is 35.0 Å². The van der Waals surface area contributed by atoms with E-state index in [-0.39, 0.29) is 35.8 Å². The maximum absolute atomic E-state index is 13.1. The molecule has 1 aliphatic heterocycles. The molecule has 0 aromatic heterocycles. The van der Waals surface area contributed by atoms with Gasteiger partial charge in [-0.25, -0.2) is 0 Å². The van der Waals surface area contributed by atoms with Crippen LogP contribution in [0.2, 0.25) is 0 Å². The van der Waals surface area contributed by atoms with Gasteiger partial charge in [0.1, 0.15) is 12.5 Å². The average molecular weight is 877 g/mol. The SMILES string of the molecule is C=C(C=CC=C(C(O)CCc1ccccc1)C1CCC2(C1O)C1C(=C(C)C=O)C(C=CC1CCO)CC2(O)CCNC)C1CC=C(C)C(O)NC(C)(CCOC)Cc2cccc(c2)C1. The average Bonchev–Trinajstić information content (AvgIpc) is 3.63. The van der Waals surface area contributed by atoms with Crippen LogP contribution in [-0.4, -0.2) is 95.3 Å². The highest BCUT2D eigenvalue weighted by atomic mass is 16.5. The molecule has 6 rings (SSSR count). The Balaban J connectivity index is 1.36. The molecule has 348 valence electrons. The molecule has 7 N–H and O–H groups in total. The molecule has 11 unspecified atom stereocenters. The van der Waals surface area contributed by atoms with Crippen molar-refractivity contribution in [1.29, 1.82) is 0 Å². The minimum absolute atomic E-state index is 0.0274. The monoisotopic (exact) mass is 877 g/mol. The third-order valence-corrected chi connectivity index (χ3v) is 15.4. The van der Waals surface area contributed by atoms with Gasteiger partial charge in [0, 0.05) is 43.1 Å². The van der Waals surface area contributed by atoms with Crippen LogP contribution in [0.3, 0.4) is 0 Å². The number of allylic oxidation sites excluding steroid dienone is 9. The summed E-state index contributed by atoms with van der Waals surface area (Å²) in [4.78, 5) is 12.5. The Morgan fingerprint density at radius 1 is 1.09 bits per heavy atom. The first-order valence-corrected chi connectivity index (χ1v) is 23.7. The molecule has 1 spiro atoms. The molecule has 9 nitrogen and oxygen atoms in total.